The number of nitrogens with one attached hydrogen (secondary N) is 1. The number of pyridine rings is 1. The van der Waals surface area contributed by atoms with Crippen LogP contribution in [-0.2, 0) is 0 Å². The van der Waals surface area contributed by atoms with E-state index in [2.05, 4.69) is 34.6 Å². The molecule has 3 nitrogen and oxygen atoms in total. The zero-order chi connectivity index (χ0) is 14.7. The van der Waals surface area contributed by atoms with Gasteiger partial charge in [0.05, 0.1) is 11.6 Å². The highest BCUT2D eigenvalue weighted by atomic mass is 16.1. The molecule has 21 heavy (non-hydrogen) atoms. The van der Waals surface area contributed by atoms with Crippen LogP contribution in [0.15, 0.2) is 67.0 Å². The second kappa shape index (κ2) is 5.75. The van der Waals surface area contributed by atoms with E-state index in [1.807, 2.05) is 25.1 Å². The monoisotopic (exact) mass is 276 g/mol. The van der Waals surface area contributed by atoms with Gasteiger partial charge in [0.2, 0.25) is 0 Å². The molecular weight excluding hydrogens is 260 g/mol. The van der Waals surface area contributed by atoms with Crippen LogP contribution in [0.5, 0.6) is 0 Å². The second-order valence-electron chi connectivity index (χ2n) is 5.01. The van der Waals surface area contributed by atoms with Crippen molar-refractivity contribution in [3.8, 4) is 0 Å². The number of carbonyl (C=O) groups is 1. The molecule has 3 aromatic rings. The smallest absolute Gasteiger partial charge is 0.253 e. The Morgan fingerprint density at radius 2 is 1.86 bits per heavy atom. The van der Waals surface area contributed by atoms with Crippen LogP contribution in [0.3, 0.4) is 0 Å². The van der Waals surface area contributed by atoms with Crippen molar-refractivity contribution in [1.82, 2.24) is 10.3 Å². The van der Waals surface area contributed by atoms with Crippen molar-refractivity contribution in [2.75, 3.05) is 0 Å². The van der Waals surface area contributed by atoms with Gasteiger partial charge >= 0.3 is 0 Å². The Hall–Kier alpha value is -2.68. The molecule has 3 heteroatoms. The predicted octanol–water partition coefficient (Wildman–Crippen LogP) is 3.73. The molecule has 2 aromatic carbocycles. The fourth-order valence-corrected chi connectivity index (χ4v) is 2.48. The molecule has 0 spiro atoms. The highest BCUT2D eigenvalue weighted by Gasteiger charge is 2.13. The lowest BCUT2D eigenvalue weighted by molar-refractivity contribution is 0.0940. The summed E-state index contributed by atoms with van der Waals surface area (Å²) in [6, 6.07) is 17.8. The maximum Gasteiger partial charge on any atom is 0.253 e. The summed E-state index contributed by atoms with van der Waals surface area (Å²) in [7, 11) is 0. The average Bonchev–Trinajstić information content (AvgIpc) is 2.55. The van der Waals surface area contributed by atoms with Gasteiger partial charge in [-0.25, -0.2) is 0 Å². The molecule has 1 unspecified atom stereocenters. The molecule has 1 aromatic heterocycles. The summed E-state index contributed by atoms with van der Waals surface area (Å²) in [5, 5.41) is 5.37. The number of hydrogen-bond acceptors (Lipinski definition) is 2. The minimum Gasteiger partial charge on any atom is -0.345 e. The molecule has 1 N–H and O–H groups in total. The van der Waals surface area contributed by atoms with E-state index in [9.17, 15) is 4.79 Å². The van der Waals surface area contributed by atoms with E-state index >= 15 is 0 Å². The Labute approximate surface area is 123 Å². The number of nitrogens with zero attached hydrogens (tertiary/aromatic N) is 1. The molecule has 0 aliphatic heterocycles. The van der Waals surface area contributed by atoms with E-state index in [-0.39, 0.29) is 11.9 Å². The molecular formula is C18H16N2O. The zero-order valence-corrected chi connectivity index (χ0v) is 11.8. The van der Waals surface area contributed by atoms with Crippen molar-refractivity contribution < 1.29 is 4.79 Å². The standard InChI is InChI=1S/C18H16N2O/c1-13(20-18(21)15-8-5-11-19-12-15)16-10-4-7-14-6-2-3-9-17(14)16/h2-13H,1H3,(H,20,21). The van der Waals surface area contributed by atoms with Crippen molar-refractivity contribution in [2.24, 2.45) is 0 Å². The quantitative estimate of drug-likeness (QED) is 0.792. The van der Waals surface area contributed by atoms with Crippen molar-refractivity contribution in [1.29, 1.82) is 0 Å². The van der Waals surface area contributed by atoms with Gasteiger partial charge in [-0.3, -0.25) is 9.78 Å². The number of aromatic nitrogens is 1. The van der Waals surface area contributed by atoms with Gasteiger partial charge in [0, 0.05) is 12.4 Å². The average molecular weight is 276 g/mol. The molecule has 0 saturated heterocycles. The normalized spacial score (nSPS) is 12.0. The van der Waals surface area contributed by atoms with Gasteiger partial charge in [0.1, 0.15) is 0 Å². The highest BCUT2D eigenvalue weighted by molar-refractivity contribution is 5.94. The van der Waals surface area contributed by atoms with Crippen LogP contribution in [-0.4, -0.2) is 10.9 Å². The molecule has 3 rings (SSSR count). The summed E-state index contributed by atoms with van der Waals surface area (Å²) in [6.45, 7) is 2.00. The summed E-state index contributed by atoms with van der Waals surface area (Å²) in [6.07, 6.45) is 3.23. The Morgan fingerprint density at radius 3 is 2.67 bits per heavy atom. The molecule has 1 heterocycles. The third-order valence-electron chi connectivity index (χ3n) is 3.56. The van der Waals surface area contributed by atoms with Crippen LogP contribution in [0.25, 0.3) is 10.8 Å². The lowest BCUT2D eigenvalue weighted by Crippen LogP contribution is -2.26. The fourth-order valence-electron chi connectivity index (χ4n) is 2.48. The first-order chi connectivity index (χ1) is 10.3. The Bertz CT molecular complexity index is 763. The Kier molecular flexibility index (Phi) is 3.65. The molecule has 1 amide bonds. The van der Waals surface area contributed by atoms with Crippen LogP contribution in [0.4, 0.5) is 0 Å². The third-order valence-corrected chi connectivity index (χ3v) is 3.56. The molecule has 0 aliphatic rings. The van der Waals surface area contributed by atoms with Gasteiger partial charge in [0.15, 0.2) is 0 Å². The van der Waals surface area contributed by atoms with E-state index in [1.165, 1.54) is 10.8 Å². The van der Waals surface area contributed by atoms with Crippen LogP contribution in [0, 0.1) is 0 Å². The topological polar surface area (TPSA) is 42.0 Å². The molecule has 0 fully saturated rings. The lowest BCUT2D eigenvalue weighted by Gasteiger charge is -2.16. The number of rotatable bonds is 3. The van der Waals surface area contributed by atoms with Gasteiger partial charge in [-0.1, -0.05) is 42.5 Å². The van der Waals surface area contributed by atoms with Crippen molar-refractivity contribution >= 4 is 16.7 Å². The van der Waals surface area contributed by atoms with Crippen LogP contribution >= 0.6 is 0 Å². The number of carbonyl (C=O) groups excluding carboxylic acids is 1. The minimum atomic E-state index is -0.108. The lowest BCUT2D eigenvalue weighted by atomic mass is 9.99. The van der Waals surface area contributed by atoms with Crippen LogP contribution in [0.1, 0.15) is 28.9 Å². The molecule has 0 saturated carbocycles. The summed E-state index contributed by atoms with van der Waals surface area (Å²) >= 11 is 0. The number of benzene rings is 2. The molecule has 104 valence electrons. The van der Waals surface area contributed by atoms with Gasteiger partial charge in [-0.05, 0) is 35.4 Å². The van der Waals surface area contributed by atoms with Gasteiger partial charge in [0.25, 0.3) is 5.91 Å². The first-order valence-corrected chi connectivity index (χ1v) is 6.94. The zero-order valence-electron chi connectivity index (χ0n) is 11.8. The Morgan fingerprint density at radius 1 is 1.05 bits per heavy atom. The van der Waals surface area contributed by atoms with Gasteiger partial charge in [-0.2, -0.15) is 0 Å². The molecule has 0 radical (unpaired) electrons. The largest absolute Gasteiger partial charge is 0.345 e. The SMILES string of the molecule is CC(NC(=O)c1cccnc1)c1cccc2ccccc12. The minimum absolute atomic E-state index is 0.0659. The van der Waals surface area contributed by atoms with Crippen molar-refractivity contribution in [3.05, 3.63) is 78.1 Å². The van der Waals surface area contributed by atoms with Crippen LogP contribution < -0.4 is 5.32 Å². The third kappa shape index (κ3) is 2.77. The molecule has 0 bridgehead atoms. The van der Waals surface area contributed by atoms with E-state index < -0.39 is 0 Å². The predicted molar refractivity (Wildman–Crippen MR) is 84.1 cm³/mol. The summed E-state index contributed by atoms with van der Waals surface area (Å²) in [5.74, 6) is -0.108. The fraction of sp³-hybridized carbons (Fsp3) is 0.111. The van der Waals surface area contributed by atoms with Crippen LogP contribution in [0.2, 0.25) is 0 Å². The van der Waals surface area contributed by atoms with E-state index in [0.717, 1.165) is 5.56 Å². The van der Waals surface area contributed by atoms with Crippen molar-refractivity contribution in [2.45, 2.75) is 13.0 Å². The number of fused-ring (bicyclic) bond motifs is 1. The second-order valence-corrected chi connectivity index (χ2v) is 5.01. The first-order valence-electron chi connectivity index (χ1n) is 6.94. The van der Waals surface area contributed by atoms with E-state index in [4.69, 9.17) is 0 Å². The highest BCUT2D eigenvalue weighted by Crippen LogP contribution is 2.24. The van der Waals surface area contributed by atoms with E-state index in [0.29, 0.717) is 5.56 Å². The summed E-state index contributed by atoms with van der Waals surface area (Å²) in [5.41, 5.74) is 1.69. The maximum atomic E-state index is 12.2. The first kappa shape index (κ1) is 13.3. The summed E-state index contributed by atoms with van der Waals surface area (Å²) < 4.78 is 0. The van der Waals surface area contributed by atoms with Gasteiger partial charge < -0.3 is 5.32 Å². The Balaban J connectivity index is 1.88. The number of hydrogen-bond donors (Lipinski definition) is 1. The maximum absolute atomic E-state index is 12.2. The molecule has 1 atom stereocenters. The van der Waals surface area contributed by atoms with E-state index in [1.54, 1.807) is 24.5 Å². The molecule has 0 aliphatic carbocycles. The van der Waals surface area contributed by atoms with Crippen molar-refractivity contribution in [3.63, 3.8) is 0 Å². The van der Waals surface area contributed by atoms with Gasteiger partial charge in [-0.15, -0.1) is 0 Å². The number of amides is 1. The summed E-state index contributed by atoms with van der Waals surface area (Å²) in [4.78, 5) is 16.2.